The number of likely N-dealkylation sites (tertiary alicyclic amines) is 1. The van der Waals surface area contributed by atoms with Crippen LogP contribution in [0.1, 0.15) is 55.1 Å². The molecule has 2 aromatic rings. The van der Waals surface area contributed by atoms with Crippen LogP contribution in [0.4, 0.5) is 0 Å². The molecule has 2 aromatic carbocycles. The molecule has 1 aliphatic rings. The lowest BCUT2D eigenvalue weighted by Gasteiger charge is -2.31. The molecule has 1 saturated heterocycles. The number of hydrogen-bond acceptors (Lipinski definition) is 5. The van der Waals surface area contributed by atoms with E-state index in [4.69, 9.17) is 9.47 Å². The second kappa shape index (κ2) is 10.8. The Morgan fingerprint density at radius 3 is 2.32 bits per heavy atom. The minimum Gasteiger partial charge on any atom is -0.493 e. The van der Waals surface area contributed by atoms with Crippen LogP contribution < -0.4 is 20.3 Å². The Morgan fingerprint density at radius 2 is 1.68 bits per heavy atom. The molecule has 7 heteroatoms. The summed E-state index contributed by atoms with van der Waals surface area (Å²) in [6.07, 6.45) is 3.14. The quantitative estimate of drug-likeness (QED) is 0.633. The van der Waals surface area contributed by atoms with E-state index in [0.717, 1.165) is 37.9 Å². The van der Waals surface area contributed by atoms with Crippen molar-refractivity contribution in [2.45, 2.75) is 45.3 Å². The zero-order valence-corrected chi connectivity index (χ0v) is 18.4. The fraction of sp³-hybridized carbons (Fsp3) is 0.417. The third kappa shape index (κ3) is 5.98. The predicted molar refractivity (Wildman–Crippen MR) is 119 cm³/mol. The Bertz CT molecular complexity index is 880. The first-order valence-electron chi connectivity index (χ1n) is 10.7. The Kier molecular flexibility index (Phi) is 7.89. The number of carbonyl (C=O) groups excluding carboxylic acids is 2. The molecule has 166 valence electrons. The molecule has 3 rings (SSSR count). The Hall–Kier alpha value is -3.06. The zero-order chi connectivity index (χ0) is 22.2. The molecule has 0 saturated carbocycles. The molecule has 2 N–H and O–H groups in total. The number of piperidine rings is 1. The van der Waals surface area contributed by atoms with E-state index >= 15 is 0 Å². The Balaban J connectivity index is 1.73. The first-order chi connectivity index (χ1) is 15.0. The molecule has 0 unspecified atom stereocenters. The second-order valence-corrected chi connectivity index (χ2v) is 7.86. The molecule has 1 fully saturated rings. The van der Waals surface area contributed by atoms with E-state index in [2.05, 4.69) is 10.9 Å². The van der Waals surface area contributed by atoms with Crippen molar-refractivity contribution >= 4 is 11.8 Å². The topological polar surface area (TPSA) is 79.9 Å². The van der Waals surface area contributed by atoms with Crippen molar-refractivity contribution in [2.75, 3.05) is 20.2 Å². The summed E-state index contributed by atoms with van der Waals surface area (Å²) < 4.78 is 11.1. The van der Waals surface area contributed by atoms with Gasteiger partial charge in [0.15, 0.2) is 11.5 Å². The molecule has 0 bridgehead atoms. The molecule has 1 heterocycles. The summed E-state index contributed by atoms with van der Waals surface area (Å²) in [5, 5.41) is 0. The summed E-state index contributed by atoms with van der Waals surface area (Å²) in [4.78, 5) is 27.8. The molecule has 1 atom stereocenters. The van der Waals surface area contributed by atoms with Crippen molar-refractivity contribution in [3.8, 4) is 11.5 Å². The Morgan fingerprint density at radius 1 is 0.968 bits per heavy atom. The number of rotatable bonds is 8. The SMILES string of the molecule is COc1cc(C(=O)NN[C@@H](C(=O)N2CCCCC2)c2ccccc2)ccc1OC(C)C. The van der Waals surface area contributed by atoms with E-state index in [1.807, 2.05) is 49.1 Å². The van der Waals surface area contributed by atoms with Crippen LogP contribution in [0.2, 0.25) is 0 Å². The van der Waals surface area contributed by atoms with Gasteiger partial charge in [-0.2, -0.15) is 0 Å². The van der Waals surface area contributed by atoms with Crippen molar-refractivity contribution in [2.24, 2.45) is 0 Å². The van der Waals surface area contributed by atoms with Gasteiger partial charge < -0.3 is 14.4 Å². The lowest BCUT2D eigenvalue weighted by molar-refractivity contribution is -0.134. The number of carbonyl (C=O) groups is 2. The fourth-order valence-corrected chi connectivity index (χ4v) is 3.60. The minimum absolute atomic E-state index is 0.0114. The predicted octanol–water partition coefficient (Wildman–Crippen LogP) is 3.47. The van der Waals surface area contributed by atoms with Gasteiger partial charge in [-0.3, -0.25) is 15.0 Å². The standard InChI is InChI=1S/C24H31N3O4/c1-17(2)31-20-13-12-19(16-21(20)30-3)23(28)26-25-22(18-10-6-4-7-11-18)24(29)27-14-8-5-9-15-27/h4,6-7,10-13,16-17,22,25H,5,8-9,14-15H2,1-3H3,(H,26,28)/t22-/m1/s1. The van der Waals surface area contributed by atoms with Gasteiger partial charge in [0.2, 0.25) is 5.91 Å². The van der Waals surface area contributed by atoms with Crippen LogP contribution in [0, 0.1) is 0 Å². The molecule has 0 aliphatic carbocycles. The van der Waals surface area contributed by atoms with Gasteiger partial charge in [-0.1, -0.05) is 30.3 Å². The summed E-state index contributed by atoms with van der Waals surface area (Å²) >= 11 is 0. The van der Waals surface area contributed by atoms with Crippen LogP contribution in [-0.4, -0.2) is 43.0 Å². The molecular weight excluding hydrogens is 394 g/mol. The number of hydrazine groups is 1. The molecule has 0 spiro atoms. The van der Waals surface area contributed by atoms with E-state index < -0.39 is 6.04 Å². The van der Waals surface area contributed by atoms with Crippen molar-refractivity contribution < 1.29 is 19.1 Å². The third-order valence-corrected chi connectivity index (χ3v) is 5.17. The molecule has 1 aliphatic heterocycles. The summed E-state index contributed by atoms with van der Waals surface area (Å²) in [5.74, 6) is 0.654. The zero-order valence-electron chi connectivity index (χ0n) is 18.4. The summed E-state index contributed by atoms with van der Waals surface area (Å²) in [7, 11) is 1.53. The molecule has 2 amide bonds. The van der Waals surface area contributed by atoms with Crippen LogP contribution in [0.5, 0.6) is 11.5 Å². The van der Waals surface area contributed by atoms with Crippen LogP contribution in [0.15, 0.2) is 48.5 Å². The maximum atomic E-state index is 13.2. The third-order valence-electron chi connectivity index (χ3n) is 5.17. The highest BCUT2D eigenvalue weighted by atomic mass is 16.5. The molecule has 0 aromatic heterocycles. The molecule has 7 nitrogen and oxygen atoms in total. The molecule has 31 heavy (non-hydrogen) atoms. The van der Waals surface area contributed by atoms with E-state index in [-0.39, 0.29) is 17.9 Å². The lowest BCUT2D eigenvalue weighted by atomic mass is 10.0. The number of amides is 2. The van der Waals surface area contributed by atoms with Gasteiger partial charge in [-0.05, 0) is 56.9 Å². The highest BCUT2D eigenvalue weighted by Gasteiger charge is 2.27. The number of methoxy groups -OCH3 is 1. The lowest BCUT2D eigenvalue weighted by Crippen LogP contribution is -2.48. The van der Waals surface area contributed by atoms with Crippen LogP contribution in [0.25, 0.3) is 0 Å². The normalized spacial score (nSPS) is 14.8. The van der Waals surface area contributed by atoms with Crippen molar-refractivity contribution in [1.82, 2.24) is 15.8 Å². The Labute approximate surface area is 183 Å². The maximum absolute atomic E-state index is 13.2. The van der Waals surface area contributed by atoms with E-state index in [0.29, 0.717) is 17.1 Å². The van der Waals surface area contributed by atoms with E-state index in [1.54, 1.807) is 18.2 Å². The number of benzene rings is 2. The summed E-state index contributed by atoms with van der Waals surface area (Å²) in [6, 6.07) is 13.8. The van der Waals surface area contributed by atoms with Crippen LogP contribution >= 0.6 is 0 Å². The summed E-state index contributed by atoms with van der Waals surface area (Å²) in [6.45, 7) is 5.33. The van der Waals surface area contributed by atoms with Gasteiger partial charge in [-0.15, -0.1) is 0 Å². The average Bonchev–Trinajstić information content (AvgIpc) is 2.80. The first kappa shape index (κ1) is 22.6. The van der Waals surface area contributed by atoms with Gasteiger partial charge >= 0.3 is 0 Å². The van der Waals surface area contributed by atoms with Gasteiger partial charge in [0.25, 0.3) is 5.91 Å². The average molecular weight is 426 g/mol. The second-order valence-electron chi connectivity index (χ2n) is 7.86. The van der Waals surface area contributed by atoms with Gasteiger partial charge in [0, 0.05) is 18.7 Å². The van der Waals surface area contributed by atoms with Crippen molar-refractivity contribution in [3.05, 3.63) is 59.7 Å². The maximum Gasteiger partial charge on any atom is 0.265 e. The van der Waals surface area contributed by atoms with Gasteiger partial charge in [0.05, 0.1) is 13.2 Å². The van der Waals surface area contributed by atoms with Crippen molar-refractivity contribution in [1.29, 1.82) is 0 Å². The van der Waals surface area contributed by atoms with E-state index in [9.17, 15) is 9.59 Å². The fourth-order valence-electron chi connectivity index (χ4n) is 3.60. The smallest absolute Gasteiger partial charge is 0.265 e. The number of nitrogens with zero attached hydrogens (tertiary/aromatic N) is 1. The monoisotopic (exact) mass is 425 g/mol. The first-order valence-corrected chi connectivity index (χ1v) is 10.7. The van der Waals surface area contributed by atoms with Crippen molar-refractivity contribution in [3.63, 3.8) is 0 Å². The minimum atomic E-state index is -0.659. The number of ether oxygens (including phenoxy) is 2. The molecule has 0 radical (unpaired) electrons. The van der Waals surface area contributed by atoms with Gasteiger partial charge in [-0.25, -0.2) is 5.43 Å². The summed E-state index contributed by atoms with van der Waals surface area (Å²) in [5.41, 5.74) is 6.85. The molecular formula is C24H31N3O4. The largest absolute Gasteiger partial charge is 0.493 e. The number of hydrogen-bond donors (Lipinski definition) is 2. The van der Waals surface area contributed by atoms with Crippen LogP contribution in [-0.2, 0) is 4.79 Å². The highest BCUT2D eigenvalue weighted by molar-refractivity contribution is 5.95. The highest BCUT2D eigenvalue weighted by Crippen LogP contribution is 2.29. The van der Waals surface area contributed by atoms with Gasteiger partial charge in [0.1, 0.15) is 6.04 Å². The van der Waals surface area contributed by atoms with E-state index in [1.165, 1.54) is 7.11 Å². The number of nitrogens with one attached hydrogen (secondary N) is 2. The van der Waals surface area contributed by atoms with Crippen LogP contribution in [0.3, 0.4) is 0 Å².